The van der Waals surface area contributed by atoms with Crippen molar-refractivity contribution in [3.63, 3.8) is 0 Å². The van der Waals surface area contributed by atoms with Gasteiger partial charge in [0.25, 0.3) is 0 Å². The van der Waals surface area contributed by atoms with Crippen LogP contribution in [-0.4, -0.2) is 19.6 Å². The van der Waals surface area contributed by atoms with Gasteiger partial charge < -0.3 is 5.11 Å². The number of hydrogen-bond acceptors (Lipinski definition) is 3. The van der Waals surface area contributed by atoms with Gasteiger partial charge in [0.1, 0.15) is 11.6 Å². The molecule has 0 saturated heterocycles. The van der Waals surface area contributed by atoms with E-state index in [4.69, 9.17) is 9.97 Å². The van der Waals surface area contributed by atoms with Crippen molar-refractivity contribution in [3.8, 4) is 78.6 Å². The summed E-state index contributed by atoms with van der Waals surface area (Å²) in [7, 11) is 0. The average molecular weight is 960 g/mol. The topological polar surface area (TPSA) is 50.9 Å². The summed E-state index contributed by atoms with van der Waals surface area (Å²) >= 11 is 0. The van der Waals surface area contributed by atoms with Crippen LogP contribution in [0.4, 0.5) is 0 Å². The van der Waals surface area contributed by atoms with Crippen molar-refractivity contribution in [2.75, 3.05) is 0 Å². The van der Waals surface area contributed by atoms with Gasteiger partial charge in [0.2, 0.25) is 0 Å². The zero-order chi connectivity index (χ0) is 40.6. The first-order valence-corrected chi connectivity index (χ1v) is 20.4. The van der Waals surface area contributed by atoms with E-state index >= 15 is 0 Å². The van der Waals surface area contributed by atoms with Crippen LogP contribution in [0.5, 0.6) is 5.75 Å². The number of nitrogens with zero attached hydrogens (tertiary/aromatic N) is 3. The van der Waals surface area contributed by atoms with Crippen molar-refractivity contribution in [2.45, 2.75) is 46.5 Å². The first-order valence-electron chi connectivity index (χ1n) is 20.4. The van der Waals surface area contributed by atoms with Gasteiger partial charge in [-0.1, -0.05) is 171 Å². The number of aromatic hydroxyl groups is 1. The van der Waals surface area contributed by atoms with Crippen molar-refractivity contribution in [1.29, 1.82) is 0 Å². The third kappa shape index (κ3) is 7.76. The van der Waals surface area contributed by atoms with Crippen molar-refractivity contribution in [2.24, 2.45) is 0 Å². The molecule has 0 atom stereocenters. The number of pyridine rings is 1. The van der Waals surface area contributed by atoms with E-state index in [0.717, 1.165) is 89.2 Å². The molecule has 0 aliphatic rings. The second kappa shape index (κ2) is 17.1. The molecule has 0 saturated carbocycles. The molecule has 0 radical (unpaired) electrons. The second-order valence-electron chi connectivity index (χ2n) is 16.0. The summed E-state index contributed by atoms with van der Waals surface area (Å²) in [4.78, 5) is 10.5. The number of rotatable bonds is 9. The van der Waals surface area contributed by atoms with Crippen LogP contribution in [0.15, 0.2) is 170 Å². The summed E-state index contributed by atoms with van der Waals surface area (Å²) in [5, 5.41) is 12.2. The van der Waals surface area contributed by atoms with Gasteiger partial charge in [-0.15, -0.1) is 23.8 Å². The van der Waals surface area contributed by atoms with E-state index in [-0.39, 0.29) is 38.7 Å². The van der Waals surface area contributed by atoms with Gasteiger partial charge in [-0.05, 0) is 82.5 Å². The third-order valence-electron chi connectivity index (χ3n) is 11.3. The first-order chi connectivity index (χ1) is 28.7. The number of hydrogen-bond donors (Lipinski definition) is 1. The van der Waals surface area contributed by atoms with E-state index in [0.29, 0.717) is 11.4 Å². The number of imidazole rings is 1. The molecule has 1 N–H and O–H groups in total. The Kier molecular flexibility index (Phi) is 11.5. The number of fused-ring (bicyclic) bond motifs is 1. The Labute approximate surface area is 367 Å². The Balaban J connectivity index is 0.00000499. The normalized spacial score (nSPS) is 11.3. The summed E-state index contributed by atoms with van der Waals surface area (Å²) in [6.07, 6.45) is 1.88. The Morgan fingerprint density at radius 1 is 0.550 bits per heavy atom. The number of para-hydroxylation sites is 1. The SMILES string of the molecule is Cc1ccc(-n2c(-c3cc(C(C)C)cc(C(C)C)c3O)nc3c(-c4[c-]c(-c5cc(-c6ccccc6)ccn5)cc(-c5ccccc5)c4)cccc32)c(-c2ccccc2)c1.[Pt]. The van der Waals surface area contributed by atoms with Crippen molar-refractivity contribution in [1.82, 2.24) is 14.5 Å². The molecular weight excluding hydrogens is 914 g/mol. The molecule has 0 amide bonds. The predicted octanol–water partition coefficient (Wildman–Crippen LogP) is 14.5. The molecule has 5 heteroatoms. The van der Waals surface area contributed by atoms with Gasteiger partial charge in [0.05, 0.1) is 22.3 Å². The average Bonchev–Trinajstić information content (AvgIpc) is 3.66. The standard InChI is InChI=1S/C55H46N3O.Pt/c1-35(2)42-32-47(36(3)4)54(59)49(33-42)55-57-53-46(22-15-23-52(53)58(55)51-25-24-37(5)28-48(51)40-20-13-8-14-21-40)44-29-43(39-18-11-7-12-19-39)30-45(31-44)50-34-41(26-27-56-50)38-16-9-6-10-17-38;/h6-30,32-36,59H,1-5H3;/q-1;. The van der Waals surface area contributed by atoms with Crippen molar-refractivity contribution in [3.05, 3.63) is 193 Å². The fourth-order valence-corrected chi connectivity index (χ4v) is 8.10. The second-order valence-corrected chi connectivity index (χ2v) is 16.0. The van der Waals surface area contributed by atoms with Crippen molar-refractivity contribution >= 4 is 11.0 Å². The summed E-state index contributed by atoms with van der Waals surface area (Å²) in [5.41, 5.74) is 16.9. The number of benzene rings is 7. The van der Waals surface area contributed by atoms with Crippen LogP contribution in [-0.2, 0) is 21.1 Å². The molecule has 0 fully saturated rings. The Morgan fingerprint density at radius 2 is 1.20 bits per heavy atom. The summed E-state index contributed by atoms with van der Waals surface area (Å²) in [5.74, 6) is 1.32. The monoisotopic (exact) mass is 959 g/mol. The van der Waals surface area contributed by atoms with Crippen LogP contribution < -0.4 is 0 Å². The molecule has 0 spiro atoms. The summed E-state index contributed by atoms with van der Waals surface area (Å²) in [6, 6.07) is 61.1. The number of phenols is 1. The summed E-state index contributed by atoms with van der Waals surface area (Å²) < 4.78 is 2.25. The zero-order valence-electron chi connectivity index (χ0n) is 34.4. The molecule has 2 aromatic heterocycles. The van der Waals surface area contributed by atoms with Gasteiger partial charge in [-0.2, -0.15) is 0 Å². The molecule has 4 nitrogen and oxygen atoms in total. The van der Waals surface area contributed by atoms with Gasteiger partial charge in [-0.3, -0.25) is 9.55 Å². The quantitative estimate of drug-likeness (QED) is 0.147. The van der Waals surface area contributed by atoms with Gasteiger partial charge >= 0.3 is 0 Å². The van der Waals surface area contributed by atoms with E-state index in [2.05, 4.69) is 191 Å². The zero-order valence-corrected chi connectivity index (χ0v) is 36.7. The van der Waals surface area contributed by atoms with E-state index in [1.807, 2.05) is 24.4 Å². The fraction of sp³-hybridized carbons (Fsp3) is 0.127. The van der Waals surface area contributed by atoms with E-state index in [1.54, 1.807) is 0 Å². The Morgan fingerprint density at radius 3 is 1.87 bits per heavy atom. The fourth-order valence-electron chi connectivity index (χ4n) is 8.10. The number of phenolic OH excluding ortho intramolecular Hbond substituents is 1. The third-order valence-corrected chi connectivity index (χ3v) is 11.3. The number of aryl methyl sites for hydroxylation is 1. The van der Waals surface area contributed by atoms with Crippen LogP contribution >= 0.6 is 0 Å². The number of aromatic nitrogens is 3. The minimum Gasteiger partial charge on any atom is -0.507 e. The molecule has 9 rings (SSSR count). The van der Waals surface area contributed by atoms with Crippen LogP contribution in [0.2, 0.25) is 0 Å². The van der Waals surface area contributed by atoms with Gasteiger partial charge in [0, 0.05) is 38.5 Å². The smallest absolute Gasteiger partial charge is 0.148 e. The first kappa shape index (κ1) is 40.4. The maximum Gasteiger partial charge on any atom is 0.148 e. The largest absolute Gasteiger partial charge is 0.507 e. The predicted molar refractivity (Wildman–Crippen MR) is 245 cm³/mol. The Bertz CT molecular complexity index is 2950. The maximum atomic E-state index is 12.2. The minimum atomic E-state index is 0. The molecule has 0 aliphatic heterocycles. The molecule has 60 heavy (non-hydrogen) atoms. The van der Waals surface area contributed by atoms with Crippen LogP contribution in [0.3, 0.4) is 0 Å². The molecule has 0 bridgehead atoms. The molecule has 0 aliphatic carbocycles. The molecule has 298 valence electrons. The van der Waals surface area contributed by atoms with E-state index in [9.17, 15) is 5.11 Å². The van der Waals surface area contributed by atoms with Crippen LogP contribution in [0.25, 0.3) is 83.9 Å². The van der Waals surface area contributed by atoms with E-state index < -0.39 is 0 Å². The molecule has 2 heterocycles. The van der Waals surface area contributed by atoms with Crippen LogP contribution in [0, 0.1) is 13.0 Å². The minimum absolute atomic E-state index is 0. The van der Waals surface area contributed by atoms with Gasteiger partial charge in [0.15, 0.2) is 0 Å². The maximum absolute atomic E-state index is 12.2. The van der Waals surface area contributed by atoms with Crippen molar-refractivity contribution < 1.29 is 26.2 Å². The molecule has 0 unspecified atom stereocenters. The van der Waals surface area contributed by atoms with Gasteiger partial charge in [-0.25, -0.2) is 4.98 Å². The molecule has 9 aromatic rings. The molecule has 7 aromatic carbocycles. The van der Waals surface area contributed by atoms with Crippen LogP contribution in [0.1, 0.15) is 56.2 Å². The molecular formula is C55H46N3OPt-. The van der Waals surface area contributed by atoms with E-state index in [1.165, 1.54) is 0 Å². The summed E-state index contributed by atoms with van der Waals surface area (Å²) in [6.45, 7) is 10.8. The Hall–Kier alpha value is -6.35.